The summed E-state index contributed by atoms with van der Waals surface area (Å²) < 4.78 is 0. The zero-order chi connectivity index (χ0) is 11.5. The Labute approximate surface area is 99.7 Å². The lowest BCUT2D eigenvalue weighted by Gasteiger charge is -2.07. The second-order valence-corrected chi connectivity index (χ2v) is 4.05. The van der Waals surface area contributed by atoms with Gasteiger partial charge in [-0.25, -0.2) is 0 Å². The van der Waals surface area contributed by atoms with Crippen LogP contribution in [-0.2, 0) is 0 Å². The first-order valence-corrected chi connectivity index (χ1v) is 5.42. The lowest BCUT2D eigenvalue weighted by atomic mass is 9.98. The number of hydrogen-bond acceptors (Lipinski definition) is 1. The molecule has 2 heteroatoms. The second-order valence-electron chi connectivity index (χ2n) is 3.61. The number of halogens is 1. The fourth-order valence-electron chi connectivity index (χ4n) is 1.68. The summed E-state index contributed by atoms with van der Waals surface area (Å²) in [6.45, 7) is 1.57. The van der Waals surface area contributed by atoms with E-state index >= 15 is 0 Å². The van der Waals surface area contributed by atoms with Crippen molar-refractivity contribution in [2.75, 3.05) is 0 Å². The van der Waals surface area contributed by atoms with Crippen molar-refractivity contribution in [2.45, 2.75) is 6.92 Å². The van der Waals surface area contributed by atoms with E-state index in [1.807, 2.05) is 36.4 Å². The molecule has 0 amide bonds. The fourth-order valence-corrected chi connectivity index (χ4v) is 1.85. The minimum absolute atomic E-state index is 0.0514. The van der Waals surface area contributed by atoms with Crippen LogP contribution in [0, 0.1) is 0 Å². The number of benzene rings is 2. The van der Waals surface area contributed by atoms with E-state index in [1.165, 1.54) is 0 Å². The molecule has 0 heterocycles. The maximum absolute atomic E-state index is 11.5. The fraction of sp³-hybridized carbons (Fsp3) is 0.0714. The average Bonchev–Trinajstić information content (AvgIpc) is 2.29. The van der Waals surface area contributed by atoms with Gasteiger partial charge in [-0.3, -0.25) is 4.79 Å². The molecule has 16 heavy (non-hydrogen) atoms. The lowest BCUT2D eigenvalue weighted by Crippen LogP contribution is -1.95. The van der Waals surface area contributed by atoms with Gasteiger partial charge < -0.3 is 0 Å². The second kappa shape index (κ2) is 4.50. The Balaban J connectivity index is 2.63. The van der Waals surface area contributed by atoms with E-state index in [9.17, 15) is 4.79 Å². The number of carbonyl (C=O) groups is 1. The summed E-state index contributed by atoms with van der Waals surface area (Å²) in [5, 5.41) is 0.642. The summed E-state index contributed by atoms with van der Waals surface area (Å²) in [5.41, 5.74) is 2.60. The normalized spacial score (nSPS) is 10.1. The van der Waals surface area contributed by atoms with E-state index in [2.05, 4.69) is 0 Å². The number of carbonyl (C=O) groups excluding carboxylic acids is 1. The van der Waals surface area contributed by atoms with E-state index < -0.39 is 0 Å². The van der Waals surface area contributed by atoms with Crippen LogP contribution in [0.25, 0.3) is 11.1 Å². The quantitative estimate of drug-likeness (QED) is 0.707. The molecule has 0 spiro atoms. The standard InChI is InChI=1S/C14H11ClO/c1-10(16)13-8-7-12(15)9-14(13)11-5-3-2-4-6-11/h2-9H,1H3. The maximum Gasteiger partial charge on any atom is 0.160 e. The van der Waals surface area contributed by atoms with E-state index in [4.69, 9.17) is 11.6 Å². The van der Waals surface area contributed by atoms with Crippen LogP contribution in [0.4, 0.5) is 0 Å². The predicted octanol–water partition coefficient (Wildman–Crippen LogP) is 4.21. The van der Waals surface area contributed by atoms with Crippen LogP contribution in [0.3, 0.4) is 0 Å². The summed E-state index contributed by atoms with van der Waals surface area (Å²) in [7, 11) is 0. The van der Waals surface area contributed by atoms with Crippen LogP contribution < -0.4 is 0 Å². The monoisotopic (exact) mass is 230 g/mol. The first-order chi connectivity index (χ1) is 7.68. The molecule has 0 saturated heterocycles. The van der Waals surface area contributed by atoms with Crippen molar-refractivity contribution in [1.29, 1.82) is 0 Å². The van der Waals surface area contributed by atoms with Gasteiger partial charge in [0.25, 0.3) is 0 Å². The van der Waals surface area contributed by atoms with Crippen molar-refractivity contribution in [3.05, 3.63) is 59.1 Å². The van der Waals surface area contributed by atoms with E-state index in [1.54, 1.807) is 19.1 Å². The van der Waals surface area contributed by atoms with Crippen molar-refractivity contribution in [3.8, 4) is 11.1 Å². The summed E-state index contributed by atoms with van der Waals surface area (Å²) in [6, 6.07) is 15.1. The highest BCUT2D eigenvalue weighted by Gasteiger charge is 2.09. The molecule has 0 aliphatic carbocycles. The molecule has 0 radical (unpaired) electrons. The minimum Gasteiger partial charge on any atom is -0.294 e. The third-order valence-electron chi connectivity index (χ3n) is 2.45. The van der Waals surface area contributed by atoms with E-state index in [0.29, 0.717) is 10.6 Å². The van der Waals surface area contributed by atoms with Crippen LogP contribution in [0.5, 0.6) is 0 Å². The lowest BCUT2D eigenvalue weighted by molar-refractivity contribution is 0.101. The van der Waals surface area contributed by atoms with Gasteiger partial charge in [-0.15, -0.1) is 0 Å². The molecular weight excluding hydrogens is 220 g/mol. The Morgan fingerprint density at radius 2 is 1.75 bits per heavy atom. The van der Waals surface area contributed by atoms with Gasteiger partial charge in [0.15, 0.2) is 5.78 Å². The Kier molecular flexibility index (Phi) is 3.07. The maximum atomic E-state index is 11.5. The highest BCUT2D eigenvalue weighted by molar-refractivity contribution is 6.31. The van der Waals surface area contributed by atoms with Crippen LogP contribution in [0.1, 0.15) is 17.3 Å². The van der Waals surface area contributed by atoms with Gasteiger partial charge in [0.05, 0.1) is 0 Å². The zero-order valence-corrected chi connectivity index (χ0v) is 9.66. The first-order valence-electron chi connectivity index (χ1n) is 5.04. The van der Waals surface area contributed by atoms with Crippen molar-refractivity contribution >= 4 is 17.4 Å². The Morgan fingerprint density at radius 1 is 1.06 bits per heavy atom. The molecule has 0 saturated carbocycles. The topological polar surface area (TPSA) is 17.1 Å². The number of hydrogen-bond donors (Lipinski definition) is 0. The minimum atomic E-state index is 0.0514. The average molecular weight is 231 g/mol. The molecule has 2 aromatic carbocycles. The molecule has 0 bridgehead atoms. The highest BCUT2D eigenvalue weighted by Crippen LogP contribution is 2.27. The molecule has 0 N–H and O–H groups in total. The molecular formula is C14H11ClO. The molecule has 0 aromatic heterocycles. The molecule has 2 rings (SSSR count). The largest absolute Gasteiger partial charge is 0.294 e. The van der Waals surface area contributed by atoms with Gasteiger partial charge in [0.1, 0.15) is 0 Å². The zero-order valence-electron chi connectivity index (χ0n) is 8.91. The molecule has 0 aliphatic rings. The Bertz CT molecular complexity index is 518. The summed E-state index contributed by atoms with van der Waals surface area (Å²) in [5.74, 6) is 0.0514. The molecule has 0 unspecified atom stereocenters. The molecule has 2 aromatic rings. The SMILES string of the molecule is CC(=O)c1ccc(Cl)cc1-c1ccccc1. The first kappa shape index (κ1) is 10.9. The van der Waals surface area contributed by atoms with Gasteiger partial charge in [-0.05, 0) is 36.2 Å². The smallest absolute Gasteiger partial charge is 0.160 e. The number of rotatable bonds is 2. The number of Topliss-reactive ketones (excluding diaryl/α,β-unsaturated/α-hetero) is 1. The summed E-state index contributed by atoms with van der Waals surface area (Å²) >= 11 is 5.96. The van der Waals surface area contributed by atoms with Crippen LogP contribution in [-0.4, -0.2) is 5.78 Å². The van der Waals surface area contributed by atoms with E-state index in [0.717, 1.165) is 11.1 Å². The predicted molar refractivity (Wildman–Crippen MR) is 66.9 cm³/mol. The third-order valence-corrected chi connectivity index (χ3v) is 2.68. The van der Waals surface area contributed by atoms with Gasteiger partial charge in [0.2, 0.25) is 0 Å². The van der Waals surface area contributed by atoms with Gasteiger partial charge in [-0.1, -0.05) is 41.9 Å². The Hall–Kier alpha value is -1.60. The summed E-state index contributed by atoms with van der Waals surface area (Å²) in [6.07, 6.45) is 0. The van der Waals surface area contributed by atoms with Gasteiger partial charge in [-0.2, -0.15) is 0 Å². The van der Waals surface area contributed by atoms with Crippen LogP contribution in [0.15, 0.2) is 48.5 Å². The van der Waals surface area contributed by atoms with Crippen molar-refractivity contribution in [1.82, 2.24) is 0 Å². The van der Waals surface area contributed by atoms with Crippen molar-refractivity contribution in [2.24, 2.45) is 0 Å². The van der Waals surface area contributed by atoms with Gasteiger partial charge in [0, 0.05) is 10.6 Å². The summed E-state index contributed by atoms with van der Waals surface area (Å²) in [4.78, 5) is 11.5. The molecule has 1 nitrogen and oxygen atoms in total. The van der Waals surface area contributed by atoms with Crippen molar-refractivity contribution in [3.63, 3.8) is 0 Å². The highest BCUT2D eigenvalue weighted by atomic mass is 35.5. The van der Waals surface area contributed by atoms with Crippen molar-refractivity contribution < 1.29 is 4.79 Å². The molecule has 0 atom stereocenters. The molecule has 80 valence electrons. The Morgan fingerprint density at radius 3 is 2.38 bits per heavy atom. The van der Waals surface area contributed by atoms with Gasteiger partial charge >= 0.3 is 0 Å². The van der Waals surface area contributed by atoms with Crippen LogP contribution in [0.2, 0.25) is 5.02 Å². The molecule has 0 aliphatic heterocycles. The third kappa shape index (κ3) is 2.15. The van der Waals surface area contributed by atoms with E-state index in [-0.39, 0.29) is 5.78 Å². The van der Waals surface area contributed by atoms with Crippen LogP contribution >= 0.6 is 11.6 Å². The number of ketones is 1. The molecule has 0 fully saturated rings.